The van der Waals surface area contributed by atoms with Crippen molar-refractivity contribution in [3.05, 3.63) is 29.8 Å². The highest BCUT2D eigenvalue weighted by Gasteiger charge is 2.15. The molecule has 2 aromatic heterocycles. The van der Waals surface area contributed by atoms with Crippen molar-refractivity contribution in [3.8, 4) is 17.1 Å². The molecule has 0 saturated heterocycles. The number of nitrogens with one attached hydrogen (secondary N) is 1. The number of phenolic OH excluding ortho intramolecular Hbond substituents is 1. The zero-order valence-electron chi connectivity index (χ0n) is 9.77. The molecule has 2 heterocycles. The normalized spacial score (nSPS) is 11.2. The van der Waals surface area contributed by atoms with E-state index < -0.39 is 0 Å². The highest BCUT2D eigenvalue weighted by atomic mass is 16.5. The van der Waals surface area contributed by atoms with Crippen molar-refractivity contribution in [2.75, 3.05) is 0 Å². The van der Waals surface area contributed by atoms with Crippen LogP contribution in [0.1, 0.15) is 11.5 Å². The number of rotatable bonds is 2. The first-order valence-electron chi connectivity index (χ1n) is 5.53. The third-order valence-electron chi connectivity index (χ3n) is 2.90. The van der Waals surface area contributed by atoms with E-state index in [9.17, 15) is 5.11 Å². The molecule has 6 heteroatoms. The van der Waals surface area contributed by atoms with E-state index in [1.165, 1.54) is 0 Å². The number of phenols is 1. The maximum atomic E-state index is 10.3. The molecule has 18 heavy (non-hydrogen) atoms. The van der Waals surface area contributed by atoms with Gasteiger partial charge in [-0.15, -0.1) is 0 Å². The van der Waals surface area contributed by atoms with Gasteiger partial charge in [0.05, 0.1) is 12.1 Å². The number of nitrogens with zero attached hydrogens (tertiary/aromatic N) is 2. The van der Waals surface area contributed by atoms with Gasteiger partial charge in [-0.3, -0.25) is 0 Å². The predicted molar refractivity (Wildman–Crippen MR) is 65.9 cm³/mol. The van der Waals surface area contributed by atoms with E-state index in [1.54, 1.807) is 6.07 Å². The maximum absolute atomic E-state index is 10.3. The minimum atomic E-state index is 0.149. The van der Waals surface area contributed by atoms with Crippen molar-refractivity contribution in [3.63, 3.8) is 0 Å². The number of hydrogen-bond acceptors (Lipinski definition) is 5. The average molecular weight is 244 g/mol. The molecule has 0 aliphatic carbocycles. The van der Waals surface area contributed by atoms with E-state index in [2.05, 4.69) is 15.1 Å². The van der Waals surface area contributed by atoms with Gasteiger partial charge >= 0.3 is 0 Å². The zero-order valence-corrected chi connectivity index (χ0v) is 9.77. The second-order valence-corrected chi connectivity index (χ2v) is 4.07. The van der Waals surface area contributed by atoms with Gasteiger partial charge in [0.25, 0.3) is 0 Å². The molecule has 4 N–H and O–H groups in total. The summed E-state index contributed by atoms with van der Waals surface area (Å²) in [5, 5.41) is 14.9. The monoisotopic (exact) mass is 244 g/mol. The fraction of sp³-hybridized carbons (Fsp3) is 0.167. The summed E-state index contributed by atoms with van der Waals surface area (Å²) in [4.78, 5) is 7.19. The molecule has 3 rings (SSSR count). The highest BCUT2D eigenvalue weighted by Crippen LogP contribution is 2.35. The molecular formula is C12H12N4O2. The van der Waals surface area contributed by atoms with E-state index in [0.29, 0.717) is 17.3 Å². The largest absolute Gasteiger partial charge is 0.506 e. The second-order valence-electron chi connectivity index (χ2n) is 4.07. The van der Waals surface area contributed by atoms with Crippen LogP contribution in [0.2, 0.25) is 0 Å². The molecule has 3 aromatic rings. The third kappa shape index (κ3) is 1.46. The van der Waals surface area contributed by atoms with Crippen LogP contribution < -0.4 is 5.73 Å². The van der Waals surface area contributed by atoms with Crippen LogP contribution in [0.4, 0.5) is 0 Å². The molecule has 0 unspecified atom stereocenters. The van der Waals surface area contributed by atoms with Gasteiger partial charge < -0.3 is 20.3 Å². The van der Waals surface area contributed by atoms with Gasteiger partial charge in [-0.2, -0.15) is 4.98 Å². The van der Waals surface area contributed by atoms with Crippen molar-refractivity contribution in [1.29, 1.82) is 0 Å². The first kappa shape index (κ1) is 10.8. The second kappa shape index (κ2) is 3.85. The smallest absolute Gasteiger partial charge is 0.240 e. The molecular weight excluding hydrogens is 232 g/mol. The maximum Gasteiger partial charge on any atom is 0.240 e. The summed E-state index contributed by atoms with van der Waals surface area (Å²) < 4.78 is 4.94. The van der Waals surface area contributed by atoms with Crippen LogP contribution in [-0.4, -0.2) is 20.2 Å². The summed E-state index contributed by atoms with van der Waals surface area (Å²) in [6, 6.07) is 3.62. The van der Waals surface area contributed by atoms with E-state index in [1.807, 2.05) is 19.2 Å². The Hall–Kier alpha value is -2.34. The molecule has 0 aliphatic heterocycles. The Kier molecular flexibility index (Phi) is 2.31. The molecule has 0 bridgehead atoms. The lowest BCUT2D eigenvalue weighted by molar-refractivity contribution is 0.380. The Morgan fingerprint density at radius 3 is 3.00 bits per heavy atom. The van der Waals surface area contributed by atoms with Gasteiger partial charge in [-0.1, -0.05) is 5.16 Å². The Balaban J connectivity index is 2.22. The fourth-order valence-electron chi connectivity index (χ4n) is 2.00. The van der Waals surface area contributed by atoms with Crippen molar-refractivity contribution < 1.29 is 9.63 Å². The number of H-pyrrole nitrogens is 1. The number of fused-ring (bicyclic) bond motifs is 1. The fourth-order valence-corrected chi connectivity index (χ4v) is 2.00. The van der Waals surface area contributed by atoms with E-state index >= 15 is 0 Å². The lowest BCUT2D eigenvalue weighted by Gasteiger charge is -2.02. The number of aromatic hydroxyl groups is 1. The number of aromatic nitrogens is 3. The van der Waals surface area contributed by atoms with Crippen molar-refractivity contribution in [2.45, 2.75) is 13.5 Å². The summed E-state index contributed by atoms with van der Waals surface area (Å²) in [5.41, 5.74) is 7.79. The quantitative estimate of drug-likeness (QED) is 0.636. The van der Waals surface area contributed by atoms with Gasteiger partial charge in [-0.25, -0.2) is 0 Å². The van der Waals surface area contributed by atoms with Gasteiger partial charge in [0.1, 0.15) is 5.75 Å². The minimum absolute atomic E-state index is 0.149. The van der Waals surface area contributed by atoms with E-state index in [4.69, 9.17) is 10.3 Å². The third-order valence-corrected chi connectivity index (χ3v) is 2.90. The zero-order chi connectivity index (χ0) is 12.7. The molecule has 6 nitrogen and oxygen atoms in total. The van der Waals surface area contributed by atoms with Crippen LogP contribution in [0.5, 0.6) is 5.75 Å². The van der Waals surface area contributed by atoms with Crippen molar-refractivity contribution in [1.82, 2.24) is 15.1 Å². The van der Waals surface area contributed by atoms with Crippen LogP contribution >= 0.6 is 0 Å². The summed E-state index contributed by atoms with van der Waals surface area (Å²) in [6.07, 6.45) is 1.84. The lowest BCUT2D eigenvalue weighted by atomic mass is 10.1. The standard InChI is InChI=1S/C12H12N4O2/c1-6-5-14-8-3-2-7(11(17)10(6)8)12-15-9(4-13)18-16-12/h2-3,5,14,17H,4,13H2,1H3. The van der Waals surface area contributed by atoms with E-state index in [0.717, 1.165) is 16.5 Å². The Morgan fingerprint density at radius 2 is 2.28 bits per heavy atom. The Bertz CT molecular complexity index is 714. The lowest BCUT2D eigenvalue weighted by Crippen LogP contribution is -1.95. The Labute approximate surface area is 102 Å². The molecule has 0 aliphatic rings. The van der Waals surface area contributed by atoms with E-state index in [-0.39, 0.29) is 12.3 Å². The van der Waals surface area contributed by atoms with Crippen molar-refractivity contribution in [2.24, 2.45) is 5.73 Å². The number of benzene rings is 1. The molecule has 0 spiro atoms. The molecule has 0 fully saturated rings. The number of hydrogen-bond donors (Lipinski definition) is 3. The van der Waals surface area contributed by atoms with Gasteiger partial charge in [0.2, 0.25) is 11.7 Å². The Morgan fingerprint density at radius 1 is 1.44 bits per heavy atom. The SMILES string of the molecule is Cc1c[nH]c2ccc(-c3noc(CN)n3)c(O)c12. The molecule has 0 atom stereocenters. The van der Waals surface area contributed by atoms with Gasteiger partial charge in [0.15, 0.2) is 0 Å². The average Bonchev–Trinajstić information content (AvgIpc) is 2.97. The van der Waals surface area contributed by atoms with Gasteiger partial charge in [-0.05, 0) is 24.6 Å². The molecule has 0 radical (unpaired) electrons. The topological polar surface area (TPSA) is 101 Å². The van der Waals surface area contributed by atoms with Crippen LogP contribution in [0, 0.1) is 6.92 Å². The summed E-state index contributed by atoms with van der Waals surface area (Å²) in [7, 11) is 0. The van der Waals surface area contributed by atoms with Crippen LogP contribution in [0.25, 0.3) is 22.3 Å². The summed E-state index contributed by atoms with van der Waals surface area (Å²) in [5.74, 6) is 0.835. The molecule has 0 amide bonds. The van der Waals surface area contributed by atoms with Gasteiger partial charge in [0, 0.05) is 17.1 Å². The summed E-state index contributed by atoms with van der Waals surface area (Å²) >= 11 is 0. The molecule has 0 saturated carbocycles. The van der Waals surface area contributed by atoms with Crippen molar-refractivity contribution >= 4 is 10.9 Å². The highest BCUT2D eigenvalue weighted by molar-refractivity contribution is 5.94. The van der Waals surface area contributed by atoms with Crippen LogP contribution in [-0.2, 0) is 6.54 Å². The van der Waals surface area contributed by atoms with Crippen LogP contribution in [0.3, 0.4) is 0 Å². The summed E-state index contributed by atoms with van der Waals surface area (Å²) in [6.45, 7) is 2.10. The first-order valence-corrected chi connectivity index (χ1v) is 5.53. The first-order chi connectivity index (χ1) is 8.70. The molecule has 92 valence electrons. The predicted octanol–water partition coefficient (Wildman–Crippen LogP) is 1.69. The minimum Gasteiger partial charge on any atom is -0.506 e. The van der Waals surface area contributed by atoms with Crippen LogP contribution in [0.15, 0.2) is 22.9 Å². The molecule has 1 aromatic carbocycles. The number of nitrogens with two attached hydrogens (primary N) is 1. The number of aryl methyl sites for hydroxylation is 1. The number of aromatic amines is 1.